The number of fused-ring (bicyclic) bond motifs is 3. The van der Waals surface area contributed by atoms with E-state index in [0.29, 0.717) is 37.7 Å². The van der Waals surface area contributed by atoms with Crippen molar-refractivity contribution >= 4 is 29.8 Å². The first-order valence-corrected chi connectivity index (χ1v) is 10.2. The molecule has 0 aliphatic carbocycles. The van der Waals surface area contributed by atoms with E-state index in [1.165, 1.54) is 6.08 Å². The molecule has 3 aliphatic rings. The minimum absolute atomic E-state index is 0.00236. The molecule has 30 heavy (non-hydrogen) atoms. The minimum atomic E-state index is -0.130. The molecular weight excluding hydrogens is 380 g/mol. The van der Waals surface area contributed by atoms with Crippen molar-refractivity contribution in [3.8, 4) is 11.3 Å². The van der Waals surface area contributed by atoms with Crippen LogP contribution in [0.15, 0.2) is 53.0 Å². The second-order valence-electron chi connectivity index (χ2n) is 7.66. The normalized spacial score (nSPS) is 20.5. The maximum atomic E-state index is 12.2. The number of hydrogen-bond acceptors (Lipinski definition) is 5. The molecule has 1 aromatic heterocycles. The summed E-state index contributed by atoms with van der Waals surface area (Å²) in [6, 6.07) is 9.87. The third kappa shape index (κ3) is 3.04. The summed E-state index contributed by atoms with van der Waals surface area (Å²) >= 11 is 0. The SMILES string of the molecule is C=CC(=O)N1CCC[C@@H](n2nc(-c3ccccc3)c3c2N=CN2CCC(=O)N=C32)C1. The number of carbonyl (C=O) groups excluding carboxylic acids is 2. The molecule has 1 fully saturated rings. The predicted molar refractivity (Wildman–Crippen MR) is 114 cm³/mol. The van der Waals surface area contributed by atoms with Crippen LogP contribution in [-0.2, 0) is 9.59 Å². The van der Waals surface area contributed by atoms with Crippen molar-refractivity contribution in [3.63, 3.8) is 0 Å². The summed E-state index contributed by atoms with van der Waals surface area (Å²) in [6.07, 6.45) is 5.24. The Balaban J connectivity index is 1.64. The van der Waals surface area contributed by atoms with Crippen LogP contribution in [0.3, 0.4) is 0 Å². The summed E-state index contributed by atoms with van der Waals surface area (Å²) in [7, 11) is 0. The van der Waals surface area contributed by atoms with Crippen molar-refractivity contribution in [2.24, 2.45) is 9.98 Å². The fourth-order valence-corrected chi connectivity index (χ4v) is 4.29. The molecular formula is C22H22N6O2. The lowest BCUT2D eigenvalue weighted by molar-refractivity contribution is -0.127. The average Bonchev–Trinajstić information content (AvgIpc) is 3.19. The van der Waals surface area contributed by atoms with E-state index in [4.69, 9.17) is 10.1 Å². The van der Waals surface area contributed by atoms with Crippen LogP contribution in [0.4, 0.5) is 5.82 Å². The number of hydrogen-bond donors (Lipinski definition) is 0. The van der Waals surface area contributed by atoms with E-state index in [2.05, 4.69) is 11.6 Å². The number of rotatable bonds is 3. The van der Waals surface area contributed by atoms with Gasteiger partial charge in [0.1, 0.15) is 5.69 Å². The van der Waals surface area contributed by atoms with Crippen LogP contribution in [0.2, 0.25) is 0 Å². The zero-order valence-corrected chi connectivity index (χ0v) is 16.6. The highest BCUT2D eigenvalue weighted by molar-refractivity contribution is 6.17. The second-order valence-corrected chi connectivity index (χ2v) is 7.66. The minimum Gasteiger partial charge on any atom is -0.337 e. The van der Waals surface area contributed by atoms with Crippen LogP contribution in [0.25, 0.3) is 11.3 Å². The molecule has 0 bridgehead atoms. The number of amides is 2. The molecule has 0 N–H and O–H groups in total. The molecule has 2 amide bonds. The Morgan fingerprint density at radius 3 is 2.83 bits per heavy atom. The molecule has 0 saturated carbocycles. The molecule has 4 heterocycles. The van der Waals surface area contributed by atoms with Crippen LogP contribution in [0.1, 0.15) is 30.9 Å². The summed E-state index contributed by atoms with van der Waals surface area (Å²) < 4.78 is 1.91. The molecule has 1 aromatic carbocycles. The number of nitrogens with zero attached hydrogens (tertiary/aromatic N) is 6. The first-order valence-electron chi connectivity index (χ1n) is 10.2. The average molecular weight is 402 g/mol. The summed E-state index contributed by atoms with van der Waals surface area (Å²) in [5, 5.41) is 4.94. The number of aliphatic imine (C=N–C) groups is 2. The molecule has 2 aromatic rings. The van der Waals surface area contributed by atoms with Gasteiger partial charge in [-0.2, -0.15) is 10.1 Å². The van der Waals surface area contributed by atoms with Gasteiger partial charge < -0.3 is 9.80 Å². The van der Waals surface area contributed by atoms with Crippen molar-refractivity contribution in [2.45, 2.75) is 25.3 Å². The molecule has 1 saturated heterocycles. The molecule has 0 spiro atoms. The molecule has 0 unspecified atom stereocenters. The molecule has 5 rings (SSSR count). The Bertz CT molecular complexity index is 1080. The van der Waals surface area contributed by atoms with E-state index in [-0.39, 0.29) is 17.9 Å². The Morgan fingerprint density at radius 1 is 1.20 bits per heavy atom. The van der Waals surface area contributed by atoms with Crippen LogP contribution in [-0.4, -0.2) is 63.2 Å². The lowest BCUT2D eigenvalue weighted by Gasteiger charge is -2.33. The first kappa shape index (κ1) is 18.5. The zero-order valence-electron chi connectivity index (χ0n) is 16.6. The predicted octanol–water partition coefficient (Wildman–Crippen LogP) is 2.55. The van der Waals surface area contributed by atoms with Crippen molar-refractivity contribution in [1.29, 1.82) is 0 Å². The number of amidine groups is 1. The van der Waals surface area contributed by atoms with Crippen LogP contribution >= 0.6 is 0 Å². The van der Waals surface area contributed by atoms with Gasteiger partial charge in [0.2, 0.25) is 11.8 Å². The summed E-state index contributed by atoms with van der Waals surface area (Å²) in [5.41, 5.74) is 2.48. The maximum absolute atomic E-state index is 12.2. The number of benzene rings is 1. The van der Waals surface area contributed by atoms with Crippen molar-refractivity contribution < 1.29 is 9.59 Å². The third-order valence-corrected chi connectivity index (χ3v) is 5.77. The van der Waals surface area contributed by atoms with Crippen molar-refractivity contribution in [1.82, 2.24) is 19.6 Å². The van der Waals surface area contributed by atoms with Gasteiger partial charge in [-0.1, -0.05) is 36.9 Å². The lowest BCUT2D eigenvalue weighted by atomic mass is 10.0. The zero-order chi connectivity index (χ0) is 20.7. The monoisotopic (exact) mass is 402 g/mol. The van der Waals surface area contributed by atoms with E-state index >= 15 is 0 Å². The van der Waals surface area contributed by atoms with Gasteiger partial charge in [-0.25, -0.2) is 9.67 Å². The summed E-state index contributed by atoms with van der Waals surface area (Å²) in [5.74, 6) is 1.10. The third-order valence-electron chi connectivity index (χ3n) is 5.77. The second kappa shape index (κ2) is 7.37. The number of aromatic nitrogens is 2. The smallest absolute Gasteiger partial charge is 0.249 e. The van der Waals surface area contributed by atoms with Gasteiger partial charge in [0.05, 0.1) is 17.9 Å². The van der Waals surface area contributed by atoms with E-state index in [0.717, 1.165) is 29.7 Å². The highest BCUT2D eigenvalue weighted by atomic mass is 16.2. The molecule has 0 radical (unpaired) electrons. The molecule has 8 nitrogen and oxygen atoms in total. The van der Waals surface area contributed by atoms with E-state index in [1.807, 2.05) is 39.9 Å². The topological polar surface area (TPSA) is 83.2 Å². The number of piperidine rings is 1. The van der Waals surface area contributed by atoms with Gasteiger partial charge >= 0.3 is 0 Å². The molecule has 8 heteroatoms. The Hall–Kier alpha value is -3.55. The number of likely N-dealkylation sites (tertiary alicyclic amines) is 1. The van der Waals surface area contributed by atoms with Gasteiger partial charge in [0.25, 0.3) is 0 Å². The van der Waals surface area contributed by atoms with Gasteiger partial charge in [-0.3, -0.25) is 9.59 Å². The first-order chi connectivity index (χ1) is 14.7. The highest BCUT2D eigenvalue weighted by Gasteiger charge is 2.35. The van der Waals surface area contributed by atoms with E-state index < -0.39 is 0 Å². The highest BCUT2D eigenvalue weighted by Crippen LogP contribution is 2.38. The quantitative estimate of drug-likeness (QED) is 0.739. The van der Waals surface area contributed by atoms with Gasteiger partial charge in [0.15, 0.2) is 11.7 Å². The largest absolute Gasteiger partial charge is 0.337 e. The van der Waals surface area contributed by atoms with Gasteiger partial charge in [0, 0.05) is 31.6 Å². The van der Waals surface area contributed by atoms with Gasteiger partial charge in [-0.15, -0.1) is 0 Å². The Kier molecular flexibility index (Phi) is 4.54. The van der Waals surface area contributed by atoms with Crippen LogP contribution < -0.4 is 0 Å². The summed E-state index contributed by atoms with van der Waals surface area (Å²) in [4.78, 5) is 37.0. The van der Waals surface area contributed by atoms with E-state index in [1.54, 1.807) is 11.2 Å². The maximum Gasteiger partial charge on any atom is 0.249 e. The molecule has 152 valence electrons. The fourth-order valence-electron chi connectivity index (χ4n) is 4.29. The van der Waals surface area contributed by atoms with Crippen molar-refractivity contribution in [3.05, 3.63) is 48.6 Å². The van der Waals surface area contributed by atoms with Crippen molar-refractivity contribution in [2.75, 3.05) is 19.6 Å². The van der Waals surface area contributed by atoms with Crippen LogP contribution in [0.5, 0.6) is 0 Å². The molecule has 1 atom stereocenters. The standard InChI is InChI=1S/C22H22N6O2/c1-2-18(30)26-11-6-9-16(13-26)28-21-19(20(25-28)15-7-4-3-5-8-15)22-24-17(29)10-12-27(22)14-23-21/h2-5,7-8,14,16H,1,6,9-13H2/t16-/m1/s1. The lowest BCUT2D eigenvalue weighted by Crippen LogP contribution is -2.40. The number of carbonyl (C=O) groups is 2. The fraction of sp³-hybridized carbons (Fsp3) is 0.318. The van der Waals surface area contributed by atoms with Gasteiger partial charge in [-0.05, 0) is 18.9 Å². The van der Waals surface area contributed by atoms with Crippen LogP contribution in [0, 0.1) is 0 Å². The van der Waals surface area contributed by atoms with E-state index in [9.17, 15) is 9.59 Å². The Morgan fingerprint density at radius 2 is 2.03 bits per heavy atom. The molecule has 3 aliphatic heterocycles. The summed E-state index contributed by atoms with van der Waals surface area (Å²) in [6.45, 7) is 5.44. The Labute approximate surface area is 174 Å².